The quantitative estimate of drug-likeness (QED) is 0.651. The zero-order valence-corrected chi connectivity index (χ0v) is 8.00. The zero-order valence-electron chi connectivity index (χ0n) is 8.00. The lowest BCUT2D eigenvalue weighted by Crippen LogP contribution is -2.21. The van der Waals surface area contributed by atoms with Gasteiger partial charge in [-0.05, 0) is 25.6 Å². The minimum Gasteiger partial charge on any atom is -0.477 e. The molecule has 0 radical (unpaired) electrons. The number of pyridine rings is 1. The summed E-state index contributed by atoms with van der Waals surface area (Å²) in [7, 11) is 1.72. The van der Waals surface area contributed by atoms with Gasteiger partial charge in [0.25, 0.3) is 0 Å². The monoisotopic (exact) mass is 196 g/mol. The van der Waals surface area contributed by atoms with Crippen LogP contribution in [0, 0.1) is 0 Å². The average molecular weight is 196 g/mol. The second-order valence-electron chi connectivity index (χ2n) is 2.97. The van der Waals surface area contributed by atoms with Gasteiger partial charge >= 0.3 is 5.97 Å². The second-order valence-corrected chi connectivity index (χ2v) is 2.97. The van der Waals surface area contributed by atoms with E-state index in [9.17, 15) is 9.59 Å². The molecule has 1 atom stereocenters. The van der Waals surface area contributed by atoms with E-state index in [4.69, 9.17) is 5.11 Å². The van der Waals surface area contributed by atoms with Crippen LogP contribution in [0.2, 0.25) is 0 Å². The Balaban J connectivity index is 3.28. The fourth-order valence-corrected chi connectivity index (χ4v) is 1.18. The van der Waals surface area contributed by atoms with Crippen molar-refractivity contribution in [1.82, 2.24) is 10.3 Å². The van der Waals surface area contributed by atoms with Gasteiger partial charge in [0.1, 0.15) is 5.69 Å². The third-order valence-corrected chi connectivity index (χ3v) is 2.06. The molecular formula is C9H12N2O3. The summed E-state index contributed by atoms with van der Waals surface area (Å²) in [5, 5.41) is 11.7. The summed E-state index contributed by atoms with van der Waals surface area (Å²) < 4.78 is 0. The van der Waals surface area contributed by atoms with Crippen molar-refractivity contribution in [3.8, 4) is 0 Å². The fraction of sp³-hybridized carbons (Fsp3) is 0.333. The molecule has 3 N–H and O–H groups in total. The van der Waals surface area contributed by atoms with E-state index in [2.05, 4.69) is 10.3 Å². The molecular weight excluding hydrogens is 184 g/mol. The molecule has 1 rings (SSSR count). The van der Waals surface area contributed by atoms with Gasteiger partial charge in [-0.3, -0.25) is 4.79 Å². The highest BCUT2D eigenvalue weighted by Gasteiger charge is 2.14. The van der Waals surface area contributed by atoms with Crippen LogP contribution in [-0.4, -0.2) is 23.1 Å². The van der Waals surface area contributed by atoms with E-state index in [0.29, 0.717) is 5.56 Å². The van der Waals surface area contributed by atoms with Crippen molar-refractivity contribution in [1.29, 1.82) is 0 Å². The number of carbonyl (C=O) groups is 1. The Hall–Kier alpha value is -1.62. The van der Waals surface area contributed by atoms with E-state index >= 15 is 0 Å². The maximum atomic E-state index is 10.9. The predicted molar refractivity (Wildman–Crippen MR) is 51.5 cm³/mol. The molecule has 5 nitrogen and oxygen atoms in total. The molecule has 0 aliphatic heterocycles. The molecule has 76 valence electrons. The SMILES string of the molecule is CNC(C)c1ccc(=O)[nH]c1C(=O)O. The van der Waals surface area contributed by atoms with Gasteiger partial charge in [0.2, 0.25) is 5.56 Å². The van der Waals surface area contributed by atoms with Gasteiger partial charge < -0.3 is 15.4 Å². The number of H-pyrrole nitrogens is 1. The lowest BCUT2D eigenvalue weighted by atomic mass is 10.1. The molecule has 0 spiro atoms. The number of nitrogens with one attached hydrogen (secondary N) is 2. The Bertz CT molecular complexity index is 397. The fourth-order valence-electron chi connectivity index (χ4n) is 1.18. The smallest absolute Gasteiger partial charge is 0.352 e. The first-order valence-corrected chi connectivity index (χ1v) is 4.20. The summed E-state index contributed by atoms with van der Waals surface area (Å²) in [5.41, 5.74) is 0.105. The molecule has 0 aromatic carbocycles. The van der Waals surface area contributed by atoms with E-state index in [-0.39, 0.29) is 11.7 Å². The van der Waals surface area contributed by atoms with Crippen LogP contribution in [0.5, 0.6) is 0 Å². The van der Waals surface area contributed by atoms with Crippen LogP contribution in [0.4, 0.5) is 0 Å². The average Bonchev–Trinajstić information content (AvgIpc) is 2.16. The second kappa shape index (κ2) is 4.06. The first-order valence-electron chi connectivity index (χ1n) is 4.20. The Morgan fingerprint density at radius 3 is 2.71 bits per heavy atom. The summed E-state index contributed by atoms with van der Waals surface area (Å²) in [6.45, 7) is 1.82. The molecule has 1 aromatic heterocycles. The molecule has 0 bridgehead atoms. The van der Waals surface area contributed by atoms with Crippen molar-refractivity contribution >= 4 is 5.97 Å². The topological polar surface area (TPSA) is 82.2 Å². The number of hydrogen-bond acceptors (Lipinski definition) is 3. The Morgan fingerprint density at radius 1 is 1.57 bits per heavy atom. The maximum absolute atomic E-state index is 10.9. The standard InChI is InChI=1S/C9H12N2O3/c1-5(10-2)6-3-4-7(12)11-8(6)9(13)14/h3-5,10H,1-2H3,(H,11,12)(H,13,14). The predicted octanol–water partition coefficient (Wildman–Crippen LogP) is 0.354. The van der Waals surface area contributed by atoms with Gasteiger partial charge in [0, 0.05) is 12.1 Å². The van der Waals surface area contributed by atoms with E-state index in [1.807, 2.05) is 6.92 Å². The first-order chi connectivity index (χ1) is 6.56. The van der Waals surface area contributed by atoms with Crippen molar-refractivity contribution < 1.29 is 9.90 Å². The summed E-state index contributed by atoms with van der Waals surface area (Å²) >= 11 is 0. The highest BCUT2D eigenvalue weighted by atomic mass is 16.4. The number of hydrogen-bond donors (Lipinski definition) is 3. The Kier molecular flexibility index (Phi) is 3.03. The molecule has 0 saturated carbocycles. The van der Waals surface area contributed by atoms with Crippen molar-refractivity contribution in [2.24, 2.45) is 0 Å². The van der Waals surface area contributed by atoms with Crippen LogP contribution in [0.1, 0.15) is 29.0 Å². The summed E-state index contributed by atoms with van der Waals surface area (Å²) in [5.74, 6) is -1.13. The number of aromatic nitrogens is 1. The van der Waals surface area contributed by atoms with Crippen LogP contribution in [0.3, 0.4) is 0 Å². The number of aromatic carboxylic acids is 1. The number of carboxylic acids is 1. The normalized spacial score (nSPS) is 12.4. The van der Waals surface area contributed by atoms with Crippen LogP contribution >= 0.6 is 0 Å². The Morgan fingerprint density at radius 2 is 2.21 bits per heavy atom. The van der Waals surface area contributed by atoms with Gasteiger partial charge in [-0.25, -0.2) is 4.79 Å². The molecule has 1 aromatic rings. The van der Waals surface area contributed by atoms with Crippen molar-refractivity contribution in [2.75, 3.05) is 7.05 Å². The number of rotatable bonds is 3. The summed E-state index contributed by atoms with van der Waals surface area (Å²) in [6, 6.07) is 2.72. The Labute approximate surface area is 80.8 Å². The minimum absolute atomic E-state index is 0.0562. The van der Waals surface area contributed by atoms with E-state index in [1.165, 1.54) is 12.1 Å². The molecule has 5 heteroatoms. The summed E-state index contributed by atoms with van der Waals surface area (Å²) in [4.78, 5) is 24.0. The van der Waals surface area contributed by atoms with Crippen LogP contribution in [-0.2, 0) is 0 Å². The maximum Gasteiger partial charge on any atom is 0.352 e. The highest BCUT2D eigenvalue weighted by Crippen LogP contribution is 2.13. The molecule has 0 saturated heterocycles. The third kappa shape index (κ3) is 2.00. The van der Waals surface area contributed by atoms with Gasteiger partial charge in [-0.1, -0.05) is 0 Å². The number of aromatic amines is 1. The van der Waals surface area contributed by atoms with Gasteiger partial charge in [0.05, 0.1) is 0 Å². The lowest BCUT2D eigenvalue weighted by Gasteiger charge is -2.12. The highest BCUT2D eigenvalue weighted by molar-refractivity contribution is 5.87. The van der Waals surface area contributed by atoms with Crippen LogP contribution < -0.4 is 10.9 Å². The molecule has 0 amide bonds. The van der Waals surface area contributed by atoms with Gasteiger partial charge in [0.15, 0.2) is 0 Å². The van der Waals surface area contributed by atoms with Crippen molar-refractivity contribution in [3.63, 3.8) is 0 Å². The minimum atomic E-state index is -1.13. The van der Waals surface area contributed by atoms with E-state index < -0.39 is 11.5 Å². The molecule has 0 aliphatic rings. The van der Waals surface area contributed by atoms with Crippen molar-refractivity contribution in [3.05, 3.63) is 33.7 Å². The van der Waals surface area contributed by atoms with Gasteiger partial charge in [-0.15, -0.1) is 0 Å². The van der Waals surface area contributed by atoms with E-state index in [0.717, 1.165) is 0 Å². The first kappa shape index (κ1) is 10.5. The molecule has 1 unspecified atom stereocenters. The molecule has 1 heterocycles. The van der Waals surface area contributed by atoms with Crippen LogP contribution in [0.15, 0.2) is 16.9 Å². The van der Waals surface area contributed by atoms with Crippen LogP contribution in [0.25, 0.3) is 0 Å². The molecule has 14 heavy (non-hydrogen) atoms. The van der Waals surface area contributed by atoms with Gasteiger partial charge in [-0.2, -0.15) is 0 Å². The zero-order chi connectivity index (χ0) is 10.7. The number of carboxylic acid groups (broad SMARTS) is 1. The molecule has 0 aliphatic carbocycles. The third-order valence-electron chi connectivity index (χ3n) is 2.06. The van der Waals surface area contributed by atoms with Crippen molar-refractivity contribution in [2.45, 2.75) is 13.0 Å². The van der Waals surface area contributed by atoms with E-state index in [1.54, 1.807) is 7.05 Å². The summed E-state index contributed by atoms with van der Waals surface area (Å²) in [6.07, 6.45) is 0. The molecule has 0 fully saturated rings. The largest absolute Gasteiger partial charge is 0.477 e. The lowest BCUT2D eigenvalue weighted by molar-refractivity contribution is 0.0688.